The van der Waals surface area contributed by atoms with Crippen LogP contribution in [0.1, 0.15) is 31.9 Å². The maximum absolute atomic E-state index is 13.2. The molecule has 0 radical (unpaired) electrons. The first-order chi connectivity index (χ1) is 11.1. The third-order valence-electron chi connectivity index (χ3n) is 2.91. The second-order valence-corrected chi connectivity index (χ2v) is 6.28. The van der Waals surface area contributed by atoms with E-state index in [9.17, 15) is 18.0 Å². The second kappa shape index (κ2) is 6.94. The summed E-state index contributed by atoms with van der Waals surface area (Å²) in [7, 11) is 0. The van der Waals surface area contributed by atoms with Crippen LogP contribution in [0.4, 0.5) is 18.0 Å². The van der Waals surface area contributed by atoms with Gasteiger partial charge in [-0.25, -0.2) is 18.0 Å². The summed E-state index contributed by atoms with van der Waals surface area (Å²) in [5.41, 5.74) is 0.329. The molecule has 2 aromatic rings. The van der Waals surface area contributed by atoms with E-state index in [0.29, 0.717) is 5.56 Å². The minimum Gasteiger partial charge on any atom is -0.444 e. The van der Waals surface area contributed by atoms with E-state index in [1.165, 1.54) is 10.9 Å². The molecule has 1 aromatic heterocycles. The number of amides is 1. The van der Waals surface area contributed by atoms with Gasteiger partial charge in [-0.1, -0.05) is 0 Å². The zero-order valence-corrected chi connectivity index (χ0v) is 13.6. The average Bonchev–Trinajstić information content (AvgIpc) is 2.88. The fourth-order valence-corrected chi connectivity index (χ4v) is 1.96. The average molecular weight is 341 g/mol. The van der Waals surface area contributed by atoms with Crippen molar-refractivity contribution in [3.05, 3.63) is 53.1 Å². The molecule has 0 aliphatic carbocycles. The van der Waals surface area contributed by atoms with Gasteiger partial charge < -0.3 is 10.1 Å². The number of nitrogens with zero attached hydrogens (tertiary/aromatic N) is 2. The molecule has 0 saturated carbocycles. The van der Waals surface area contributed by atoms with Crippen LogP contribution >= 0.6 is 0 Å². The first-order valence-electron chi connectivity index (χ1n) is 7.25. The minimum absolute atomic E-state index is 0.0700. The quantitative estimate of drug-likeness (QED) is 0.868. The summed E-state index contributed by atoms with van der Waals surface area (Å²) in [6.07, 6.45) is 2.56. The Hall–Kier alpha value is -2.51. The zero-order valence-electron chi connectivity index (χ0n) is 13.6. The van der Waals surface area contributed by atoms with Crippen molar-refractivity contribution < 1.29 is 22.7 Å². The molecule has 5 nitrogen and oxygen atoms in total. The highest BCUT2D eigenvalue weighted by Gasteiger charge is 2.16. The Morgan fingerprint density at radius 2 is 1.83 bits per heavy atom. The molecule has 1 heterocycles. The molecular formula is C16H18F3N3O2. The normalized spacial score (nSPS) is 11.4. The molecule has 130 valence electrons. The van der Waals surface area contributed by atoms with E-state index in [2.05, 4.69) is 10.4 Å². The summed E-state index contributed by atoms with van der Waals surface area (Å²) in [6, 6.07) is 1.83. The molecule has 2 rings (SSSR count). The molecule has 1 aromatic carbocycles. The van der Waals surface area contributed by atoms with Crippen LogP contribution in [0.3, 0.4) is 0 Å². The molecule has 8 heteroatoms. The fourth-order valence-electron chi connectivity index (χ4n) is 1.96. The molecule has 1 N–H and O–H groups in total. The van der Waals surface area contributed by atoms with Gasteiger partial charge in [0.15, 0.2) is 17.5 Å². The van der Waals surface area contributed by atoms with Gasteiger partial charge in [-0.15, -0.1) is 0 Å². The molecular weight excluding hydrogens is 323 g/mol. The predicted molar refractivity (Wildman–Crippen MR) is 80.7 cm³/mol. The number of rotatable bonds is 4. The van der Waals surface area contributed by atoms with Crippen LogP contribution in [0.25, 0.3) is 0 Å². The molecule has 0 bridgehead atoms. The fraction of sp³-hybridized carbons (Fsp3) is 0.375. The molecule has 1 amide bonds. The van der Waals surface area contributed by atoms with Gasteiger partial charge in [0.2, 0.25) is 0 Å². The van der Waals surface area contributed by atoms with Crippen molar-refractivity contribution >= 4 is 6.09 Å². The molecule has 24 heavy (non-hydrogen) atoms. The first kappa shape index (κ1) is 17.8. The lowest BCUT2D eigenvalue weighted by molar-refractivity contribution is 0.0523. The van der Waals surface area contributed by atoms with E-state index in [0.717, 1.165) is 12.1 Å². The monoisotopic (exact) mass is 341 g/mol. The van der Waals surface area contributed by atoms with Crippen LogP contribution in [0.2, 0.25) is 0 Å². The largest absolute Gasteiger partial charge is 0.444 e. The van der Waals surface area contributed by atoms with E-state index in [1.807, 2.05) is 0 Å². The molecule has 0 aliphatic heterocycles. The first-order valence-corrected chi connectivity index (χ1v) is 7.25. The van der Waals surface area contributed by atoms with Crippen molar-refractivity contribution in [2.45, 2.75) is 39.5 Å². The van der Waals surface area contributed by atoms with Crippen LogP contribution in [0.5, 0.6) is 0 Å². The molecule has 0 atom stereocenters. The topological polar surface area (TPSA) is 56.1 Å². The highest BCUT2D eigenvalue weighted by molar-refractivity contribution is 5.67. The summed E-state index contributed by atoms with van der Waals surface area (Å²) in [5.74, 6) is -3.99. The van der Waals surface area contributed by atoms with Crippen molar-refractivity contribution in [2.24, 2.45) is 0 Å². The van der Waals surface area contributed by atoms with E-state index in [4.69, 9.17) is 4.74 Å². The number of aromatic nitrogens is 2. The van der Waals surface area contributed by atoms with E-state index < -0.39 is 29.1 Å². The highest BCUT2D eigenvalue weighted by Crippen LogP contribution is 2.14. The summed E-state index contributed by atoms with van der Waals surface area (Å²) < 4.78 is 45.8. The molecule has 0 aliphatic rings. The Balaban J connectivity index is 1.95. The van der Waals surface area contributed by atoms with Gasteiger partial charge in [0.1, 0.15) is 5.60 Å². The molecule has 0 spiro atoms. The van der Waals surface area contributed by atoms with Gasteiger partial charge in [0.25, 0.3) is 0 Å². The number of hydrogen-bond acceptors (Lipinski definition) is 3. The lowest BCUT2D eigenvalue weighted by Gasteiger charge is -2.19. The maximum atomic E-state index is 13.2. The van der Waals surface area contributed by atoms with E-state index in [1.54, 1.807) is 27.0 Å². The van der Waals surface area contributed by atoms with Crippen molar-refractivity contribution in [1.82, 2.24) is 15.1 Å². The Kier molecular flexibility index (Phi) is 5.16. The number of benzene rings is 1. The number of alkyl carbamates (subject to hydrolysis) is 1. The van der Waals surface area contributed by atoms with Gasteiger partial charge in [0.05, 0.1) is 12.7 Å². The third kappa shape index (κ3) is 5.00. The lowest BCUT2D eigenvalue weighted by atomic mass is 10.2. The Morgan fingerprint density at radius 1 is 1.21 bits per heavy atom. The molecule has 0 unspecified atom stereocenters. The number of ether oxygens (including phenoxy) is 1. The highest BCUT2D eigenvalue weighted by atomic mass is 19.2. The summed E-state index contributed by atoms with van der Waals surface area (Å²) in [4.78, 5) is 11.6. The van der Waals surface area contributed by atoms with Gasteiger partial charge in [0, 0.05) is 18.3 Å². The summed E-state index contributed by atoms with van der Waals surface area (Å²) >= 11 is 0. The van der Waals surface area contributed by atoms with Gasteiger partial charge in [-0.05, 0) is 38.5 Å². The zero-order chi connectivity index (χ0) is 17.9. The van der Waals surface area contributed by atoms with E-state index >= 15 is 0 Å². The van der Waals surface area contributed by atoms with Crippen LogP contribution in [0.15, 0.2) is 24.5 Å². The summed E-state index contributed by atoms with van der Waals surface area (Å²) in [6.45, 7) is 5.53. The van der Waals surface area contributed by atoms with Crippen LogP contribution < -0.4 is 5.32 Å². The smallest absolute Gasteiger partial charge is 0.407 e. The number of halogens is 3. The Bertz CT molecular complexity index is 715. The Morgan fingerprint density at radius 3 is 2.42 bits per heavy atom. The van der Waals surface area contributed by atoms with Crippen LogP contribution in [-0.2, 0) is 17.8 Å². The standard InChI is InChI=1S/C16H18F3N3O2/c1-16(2,3)24-15(23)20-6-11-7-21-22(9-11)8-10-4-12(17)14(19)13(18)5-10/h4-5,7,9H,6,8H2,1-3H3,(H,20,23). The summed E-state index contributed by atoms with van der Waals surface area (Å²) in [5, 5.41) is 6.61. The number of carbonyl (C=O) groups is 1. The van der Waals surface area contributed by atoms with Crippen LogP contribution in [-0.4, -0.2) is 21.5 Å². The molecule has 0 saturated heterocycles. The van der Waals surface area contributed by atoms with Crippen LogP contribution in [0, 0.1) is 17.5 Å². The SMILES string of the molecule is CC(C)(C)OC(=O)NCc1cnn(Cc2cc(F)c(F)c(F)c2)c1. The van der Waals surface area contributed by atoms with Crippen molar-refractivity contribution in [1.29, 1.82) is 0 Å². The number of hydrogen-bond donors (Lipinski definition) is 1. The third-order valence-corrected chi connectivity index (χ3v) is 2.91. The second-order valence-electron chi connectivity index (χ2n) is 6.28. The number of carbonyl (C=O) groups excluding carboxylic acids is 1. The Labute approximate surface area is 137 Å². The van der Waals surface area contributed by atoms with Crippen molar-refractivity contribution in [3.63, 3.8) is 0 Å². The molecule has 0 fully saturated rings. The van der Waals surface area contributed by atoms with Gasteiger partial charge in [-0.2, -0.15) is 5.10 Å². The maximum Gasteiger partial charge on any atom is 0.407 e. The van der Waals surface area contributed by atoms with Crippen molar-refractivity contribution in [2.75, 3.05) is 0 Å². The van der Waals surface area contributed by atoms with E-state index in [-0.39, 0.29) is 18.7 Å². The van der Waals surface area contributed by atoms with Gasteiger partial charge in [-0.3, -0.25) is 4.68 Å². The van der Waals surface area contributed by atoms with Crippen molar-refractivity contribution in [3.8, 4) is 0 Å². The minimum atomic E-state index is -1.50. The predicted octanol–water partition coefficient (Wildman–Crippen LogP) is 3.37. The number of nitrogens with one attached hydrogen (secondary N) is 1. The van der Waals surface area contributed by atoms with Gasteiger partial charge >= 0.3 is 6.09 Å². The lowest BCUT2D eigenvalue weighted by Crippen LogP contribution is -2.32.